The number of guanidine groups is 1. The van der Waals surface area contributed by atoms with Gasteiger partial charge in [-0.05, 0) is 13.0 Å². The zero-order valence-corrected chi connectivity index (χ0v) is 18.3. The zero-order chi connectivity index (χ0) is 17.4. The second-order valence-corrected chi connectivity index (χ2v) is 6.17. The minimum atomic E-state index is -0.0104. The van der Waals surface area contributed by atoms with E-state index in [-0.39, 0.29) is 35.8 Å². The van der Waals surface area contributed by atoms with Crippen LogP contribution >= 0.6 is 47.2 Å². The van der Waals surface area contributed by atoms with Crippen molar-refractivity contribution in [2.75, 3.05) is 19.6 Å². The van der Waals surface area contributed by atoms with Crippen LogP contribution in [0.5, 0.6) is 0 Å². The van der Waals surface area contributed by atoms with E-state index in [0.717, 1.165) is 12.2 Å². The van der Waals surface area contributed by atoms with Crippen LogP contribution in [0.25, 0.3) is 0 Å². The number of carbonyl (C=O) groups excluding carboxylic acids is 1. The number of aliphatic imine (C=N–C) groups is 1. The first kappa shape index (κ1) is 23.3. The second kappa shape index (κ2) is 11.8. The van der Waals surface area contributed by atoms with Gasteiger partial charge in [0, 0.05) is 38.3 Å². The third-order valence-corrected chi connectivity index (χ3v) is 4.04. The van der Waals surface area contributed by atoms with E-state index >= 15 is 0 Å². The number of hydrogen-bond donors (Lipinski definition) is 3. The normalized spacial score (nSPS) is 11.2. The molecule has 0 bridgehead atoms. The van der Waals surface area contributed by atoms with Gasteiger partial charge in [0.05, 0.1) is 11.6 Å². The number of nitrogens with one attached hydrogen (secondary N) is 3. The molecule has 9 heteroatoms. The van der Waals surface area contributed by atoms with E-state index in [1.807, 2.05) is 27.8 Å². The smallest absolute Gasteiger partial charge is 0.222 e. The summed E-state index contributed by atoms with van der Waals surface area (Å²) in [5.74, 6) is 0.713. The fourth-order valence-electron chi connectivity index (χ4n) is 1.81. The summed E-state index contributed by atoms with van der Waals surface area (Å²) >= 11 is 12.0. The van der Waals surface area contributed by atoms with Crippen molar-refractivity contribution >= 4 is 59.0 Å². The van der Waals surface area contributed by atoms with Gasteiger partial charge in [0.2, 0.25) is 5.91 Å². The Labute approximate surface area is 170 Å². The van der Waals surface area contributed by atoms with Gasteiger partial charge in [0.25, 0.3) is 0 Å². The second-order valence-electron chi connectivity index (χ2n) is 5.40. The fraction of sp³-hybridized carbons (Fsp3) is 0.600. The highest BCUT2D eigenvalue weighted by molar-refractivity contribution is 14.0. The molecule has 0 spiro atoms. The lowest BCUT2D eigenvalue weighted by Crippen LogP contribution is -2.42. The summed E-state index contributed by atoms with van der Waals surface area (Å²) in [5.41, 5.74) is 0.922. The SMILES string of the molecule is CCNC(=NCc1cc(Cl)c(Cl)n1C)NCCNC(=O)C(C)C.I. The van der Waals surface area contributed by atoms with Crippen LogP contribution in [0.4, 0.5) is 0 Å². The molecule has 1 amide bonds. The molecule has 0 aliphatic carbocycles. The Morgan fingerprint density at radius 2 is 1.88 bits per heavy atom. The number of nitrogens with zero attached hydrogens (tertiary/aromatic N) is 2. The molecule has 0 radical (unpaired) electrons. The summed E-state index contributed by atoms with van der Waals surface area (Å²) in [6, 6.07) is 1.81. The van der Waals surface area contributed by atoms with Crippen molar-refractivity contribution in [3.05, 3.63) is 21.9 Å². The number of carbonyl (C=O) groups is 1. The Bertz CT molecular complexity index is 560. The van der Waals surface area contributed by atoms with Crippen molar-refractivity contribution in [2.45, 2.75) is 27.3 Å². The van der Waals surface area contributed by atoms with Crippen molar-refractivity contribution < 1.29 is 4.79 Å². The Morgan fingerprint density at radius 1 is 1.25 bits per heavy atom. The van der Waals surface area contributed by atoms with Crippen molar-refractivity contribution in [3.8, 4) is 0 Å². The number of halogens is 3. The average molecular weight is 490 g/mol. The predicted octanol–water partition coefficient (Wildman–Crippen LogP) is 2.78. The first-order valence-corrected chi connectivity index (χ1v) is 8.41. The highest BCUT2D eigenvalue weighted by Gasteiger charge is 2.09. The molecule has 0 saturated carbocycles. The van der Waals surface area contributed by atoms with E-state index in [1.54, 1.807) is 10.6 Å². The van der Waals surface area contributed by atoms with Crippen LogP contribution in [0.15, 0.2) is 11.1 Å². The molecule has 1 rings (SSSR count). The molecule has 0 saturated heterocycles. The fourth-order valence-corrected chi connectivity index (χ4v) is 2.23. The number of amides is 1. The van der Waals surface area contributed by atoms with E-state index in [2.05, 4.69) is 20.9 Å². The molecule has 24 heavy (non-hydrogen) atoms. The first-order valence-electron chi connectivity index (χ1n) is 7.66. The largest absolute Gasteiger partial charge is 0.357 e. The summed E-state index contributed by atoms with van der Waals surface area (Å²) in [4.78, 5) is 16.0. The molecule has 0 aromatic carbocycles. The quantitative estimate of drug-likeness (QED) is 0.239. The van der Waals surface area contributed by atoms with Crippen LogP contribution in [0.2, 0.25) is 10.2 Å². The standard InChI is InChI=1S/C15H25Cl2N5O.HI/c1-5-18-15(20-7-6-19-14(23)10(2)3)21-9-11-8-12(16)13(17)22(11)4;/h8,10H,5-7,9H2,1-4H3,(H,19,23)(H2,18,20,21);1H. The van der Waals surface area contributed by atoms with Crippen molar-refractivity contribution in [3.63, 3.8) is 0 Å². The van der Waals surface area contributed by atoms with E-state index in [1.165, 1.54) is 0 Å². The summed E-state index contributed by atoms with van der Waals surface area (Å²) in [6.45, 7) is 8.07. The Balaban J connectivity index is 0.00000529. The van der Waals surface area contributed by atoms with Crippen molar-refractivity contribution in [1.82, 2.24) is 20.5 Å². The minimum Gasteiger partial charge on any atom is -0.357 e. The summed E-state index contributed by atoms with van der Waals surface area (Å²) in [7, 11) is 1.85. The molecule has 0 aliphatic heterocycles. The third kappa shape index (κ3) is 7.48. The molecule has 138 valence electrons. The van der Waals surface area contributed by atoms with Crippen molar-refractivity contribution in [2.24, 2.45) is 18.0 Å². The molecule has 1 heterocycles. The maximum Gasteiger partial charge on any atom is 0.222 e. The van der Waals surface area contributed by atoms with Gasteiger partial charge in [0.15, 0.2) is 5.96 Å². The van der Waals surface area contributed by atoms with Gasteiger partial charge in [-0.1, -0.05) is 37.0 Å². The topological polar surface area (TPSA) is 70.5 Å². The van der Waals surface area contributed by atoms with Crippen LogP contribution < -0.4 is 16.0 Å². The lowest BCUT2D eigenvalue weighted by Gasteiger charge is -2.12. The highest BCUT2D eigenvalue weighted by Crippen LogP contribution is 2.25. The van der Waals surface area contributed by atoms with Gasteiger partial charge in [-0.25, -0.2) is 4.99 Å². The lowest BCUT2D eigenvalue weighted by molar-refractivity contribution is -0.123. The van der Waals surface area contributed by atoms with E-state index in [9.17, 15) is 4.79 Å². The Kier molecular flexibility index (Phi) is 11.5. The molecular formula is C15H26Cl2IN5O. The molecule has 0 fully saturated rings. The highest BCUT2D eigenvalue weighted by atomic mass is 127. The maximum absolute atomic E-state index is 11.5. The predicted molar refractivity (Wildman–Crippen MR) is 112 cm³/mol. The molecule has 0 atom stereocenters. The minimum absolute atomic E-state index is 0. The lowest BCUT2D eigenvalue weighted by atomic mass is 10.2. The zero-order valence-electron chi connectivity index (χ0n) is 14.4. The van der Waals surface area contributed by atoms with Gasteiger partial charge in [-0.15, -0.1) is 24.0 Å². The number of aromatic nitrogens is 1. The third-order valence-electron chi connectivity index (χ3n) is 3.20. The van der Waals surface area contributed by atoms with Gasteiger partial charge < -0.3 is 20.5 Å². The Hall–Kier alpha value is -0.670. The van der Waals surface area contributed by atoms with Gasteiger partial charge in [0.1, 0.15) is 5.15 Å². The Morgan fingerprint density at radius 3 is 2.38 bits per heavy atom. The molecule has 6 nitrogen and oxygen atoms in total. The summed E-state index contributed by atoms with van der Waals surface area (Å²) in [6.07, 6.45) is 0. The summed E-state index contributed by atoms with van der Waals surface area (Å²) < 4.78 is 1.81. The van der Waals surface area contributed by atoms with E-state index < -0.39 is 0 Å². The van der Waals surface area contributed by atoms with Crippen LogP contribution in [-0.4, -0.2) is 36.1 Å². The van der Waals surface area contributed by atoms with Crippen LogP contribution in [0.3, 0.4) is 0 Å². The van der Waals surface area contributed by atoms with Gasteiger partial charge in [-0.2, -0.15) is 0 Å². The molecule has 3 N–H and O–H groups in total. The average Bonchev–Trinajstić information content (AvgIpc) is 2.75. The van der Waals surface area contributed by atoms with E-state index in [0.29, 0.717) is 35.8 Å². The summed E-state index contributed by atoms with van der Waals surface area (Å²) in [5, 5.41) is 10.2. The van der Waals surface area contributed by atoms with Gasteiger partial charge >= 0.3 is 0 Å². The number of hydrogen-bond acceptors (Lipinski definition) is 2. The maximum atomic E-state index is 11.5. The van der Waals surface area contributed by atoms with E-state index in [4.69, 9.17) is 23.2 Å². The first-order chi connectivity index (χ1) is 10.9. The molecular weight excluding hydrogens is 464 g/mol. The van der Waals surface area contributed by atoms with Crippen LogP contribution in [-0.2, 0) is 18.4 Å². The monoisotopic (exact) mass is 489 g/mol. The van der Waals surface area contributed by atoms with Crippen LogP contribution in [0, 0.1) is 5.92 Å². The molecule has 0 unspecified atom stereocenters. The molecule has 1 aromatic rings. The van der Waals surface area contributed by atoms with Crippen molar-refractivity contribution in [1.29, 1.82) is 0 Å². The molecule has 0 aliphatic rings. The molecule has 1 aromatic heterocycles. The number of rotatable bonds is 7. The van der Waals surface area contributed by atoms with Gasteiger partial charge in [-0.3, -0.25) is 4.79 Å². The van der Waals surface area contributed by atoms with Crippen LogP contribution in [0.1, 0.15) is 26.5 Å².